The van der Waals surface area contributed by atoms with Gasteiger partial charge < -0.3 is 14.8 Å². The molecule has 0 saturated carbocycles. The second-order valence-electron chi connectivity index (χ2n) is 4.19. The van der Waals surface area contributed by atoms with Crippen molar-refractivity contribution in [3.8, 4) is 11.5 Å². The molecule has 120 valence electrons. The quantitative estimate of drug-likeness (QED) is 0.815. The Morgan fingerprint density at radius 1 is 1.00 bits per heavy atom. The zero-order valence-corrected chi connectivity index (χ0v) is 10.9. The van der Waals surface area contributed by atoms with Gasteiger partial charge in [-0.2, -0.15) is 13.2 Å². The molecule has 0 aliphatic rings. The van der Waals surface area contributed by atoms with Crippen LogP contribution in [0, 0.1) is 0 Å². The third kappa shape index (κ3) is 8.28. The van der Waals surface area contributed by atoms with E-state index in [1.54, 1.807) is 0 Å². The lowest BCUT2D eigenvalue weighted by atomic mass is 10.3. The zero-order chi connectivity index (χ0) is 16.1. The summed E-state index contributed by atoms with van der Waals surface area (Å²) in [6.07, 6.45) is -9.67. The fourth-order valence-electron chi connectivity index (χ4n) is 1.41. The molecule has 9 heteroatoms. The molecule has 0 fully saturated rings. The minimum atomic E-state index is -4.78. The molecule has 0 aliphatic carbocycles. The summed E-state index contributed by atoms with van der Waals surface area (Å²) in [5.74, 6) is -0.177. The van der Waals surface area contributed by atoms with Gasteiger partial charge in [0.2, 0.25) is 0 Å². The molecule has 0 bridgehead atoms. The van der Waals surface area contributed by atoms with E-state index in [-0.39, 0.29) is 12.3 Å². The Hall–Kier alpha value is -1.64. The maximum atomic E-state index is 11.9. The highest BCUT2D eigenvalue weighted by Crippen LogP contribution is 2.25. The lowest BCUT2D eigenvalue weighted by Crippen LogP contribution is -2.35. The van der Waals surface area contributed by atoms with Gasteiger partial charge in [0.05, 0.1) is 6.54 Å². The third-order valence-corrected chi connectivity index (χ3v) is 2.15. The van der Waals surface area contributed by atoms with Crippen LogP contribution < -0.4 is 14.8 Å². The summed E-state index contributed by atoms with van der Waals surface area (Å²) in [4.78, 5) is 0. The number of nitrogens with one attached hydrogen (secondary N) is 1. The monoisotopic (exact) mass is 317 g/mol. The molecule has 0 amide bonds. The van der Waals surface area contributed by atoms with Crippen LogP contribution in [0.15, 0.2) is 24.3 Å². The van der Waals surface area contributed by atoms with Crippen LogP contribution in [-0.2, 0) is 0 Å². The smallest absolute Gasteiger partial charge is 0.489 e. The van der Waals surface area contributed by atoms with Crippen molar-refractivity contribution in [2.45, 2.75) is 25.6 Å². The van der Waals surface area contributed by atoms with Gasteiger partial charge in [-0.1, -0.05) is 0 Å². The molecule has 1 rings (SSSR count). The van der Waals surface area contributed by atoms with Gasteiger partial charge in [-0.3, -0.25) is 0 Å². The molecule has 0 aliphatic heterocycles. The minimum Gasteiger partial charge on any atom is -0.489 e. The third-order valence-electron chi connectivity index (χ3n) is 2.15. The van der Waals surface area contributed by atoms with E-state index in [1.165, 1.54) is 19.1 Å². The molecule has 0 heterocycles. The van der Waals surface area contributed by atoms with Crippen LogP contribution in [0.3, 0.4) is 0 Å². The van der Waals surface area contributed by atoms with Crippen molar-refractivity contribution in [3.63, 3.8) is 0 Å². The average molecular weight is 317 g/mol. The average Bonchev–Trinajstić information content (AvgIpc) is 2.28. The second-order valence-corrected chi connectivity index (χ2v) is 4.19. The maximum absolute atomic E-state index is 11.9. The topological polar surface area (TPSA) is 30.5 Å². The van der Waals surface area contributed by atoms with E-state index in [2.05, 4.69) is 10.1 Å². The summed E-state index contributed by atoms with van der Waals surface area (Å²) in [6.45, 7) is 0.336. The number of alkyl halides is 6. The minimum absolute atomic E-state index is 0.0552. The van der Waals surface area contributed by atoms with Crippen molar-refractivity contribution in [1.82, 2.24) is 5.32 Å². The van der Waals surface area contributed by atoms with Crippen LogP contribution in [0.25, 0.3) is 0 Å². The molecule has 3 nitrogen and oxygen atoms in total. The molecular formula is C12H13F6NO2. The van der Waals surface area contributed by atoms with Crippen molar-refractivity contribution in [2.24, 2.45) is 0 Å². The van der Waals surface area contributed by atoms with Crippen molar-refractivity contribution in [3.05, 3.63) is 24.3 Å². The molecule has 0 spiro atoms. The van der Waals surface area contributed by atoms with Gasteiger partial charge in [0, 0.05) is 6.54 Å². The van der Waals surface area contributed by atoms with Crippen LogP contribution in [0.1, 0.15) is 6.92 Å². The molecule has 0 saturated heterocycles. The Morgan fingerprint density at radius 2 is 1.52 bits per heavy atom. The van der Waals surface area contributed by atoms with Gasteiger partial charge in [-0.05, 0) is 31.2 Å². The fraction of sp³-hybridized carbons (Fsp3) is 0.500. The first-order valence-electron chi connectivity index (χ1n) is 5.85. The first kappa shape index (κ1) is 17.4. The lowest BCUT2D eigenvalue weighted by molar-refractivity contribution is -0.274. The van der Waals surface area contributed by atoms with Gasteiger partial charge in [-0.25, -0.2) is 0 Å². The van der Waals surface area contributed by atoms with Crippen molar-refractivity contribution < 1.29 is 35.8 Å². The summed E-state index contributed by atoms with van der Waals surface area (Å²) < 4.78 is 80.4. The number of rotatable bonds is 6. The predicted octanol–water partition coefficient (Wildman–Crippen LogP) is 3.50. The normalized spacial score (nSPS) is 13.9. The van der Waals surface area contributed by atoms with Gasteiger partial charge in [0.1, 0.15) is 17.6 Å². The Balaban J connectivity index is 2.41. The number of hydrogen-bond acceptors (Lipinski definition) is 3. The van der Waals surface area contributed by atoms with Crippen LogP contribution in [-0.4, -0.2) is 31.7 Å². The summed E-state index contributed by atoms with van der Waals surface area (Å²) in [5, 5.41) is 2.16. The number of benzene rings is 1. The van der Waals surface area contributed by atoms with Crippen LogP contribution >= 0.6 is 0 Å². The Kier molecular flexibility index (Phi) is 5.70. The molecule has 1 aromatic carbocycles. The van der Waals surface area contributed by atoms with E-state index in [0.29, 0.717) is 0 Å². The highest BCUT2D eigenvalue weighted by molar-refractivity contribution is 5.31. The zero-order valence-electron chi connectivity index (χ0n) is 10.9. The molecule has 1 unspecified atom stereocenters. The van der Waals surface area contributed by atoms with E-state index in [4.69, 9.17) is 4.74 Å². The van der Waals surface area contributed by atoms with E-state index < -0.39 is 30.9 Å². The Bertz CT molecular complexity index is 429. The first-order chi connectivity index (χ1) is 9.55. The van der Waals surface area contributed by atoms with Gasteiger partial charge in [-0.15, -0.1) is 13.2 Å². The Labute approximate surface area is 116 Å². The predicted molar refractivity (Wildman–Crippen MR) is 62.1 cm³/mol. The molecule has 1 aromatic rings. The SMILES string of the molecule is CC(CNCC(F)(F)F)Oc1ccc(OC(F)(F)F)cc1. The van der Waals surface area contributed by atoms with Crippen LogP contribution in [0.5, 0.6) is 11.5 Å². The van der Waals surface area contributed by atoms with Crippen LogP contribution in [0.4, 0.5) is 26.3 Å². The molecule has 0 aromatic heterocycles. The van der Waals surface area contributed by atoms with Gasteiger partial charge >= 0.3 is 12.5 Å². The van der Waals surface area contributed by atoms with Gasteiger partial charge in [0.15, 0.2) is 0 Å². The van der Waals surface area contributed by atoms with Crippen LogP contribution in [0.2, 0.25) is 0 Å². The van der Waals surface area contributed by atoms with Crippen molar-refractivity contribution in [2.75, 3.05) is 13.1 Å². The van der Waals surface area contributed by atoms with Crippen molar-refractivity contribution >= 4 is 0 Å². The maximum Gasteiger partial charge on any atom is 0.573 e. The highest BCUT2D eigenvalue weighted by Gasteiger charge is 2.31. The summed E-state index contributed by atoms with van der Waals surface area (Å²) in [6, 6.07) is 4.58. The first-order valence-corrected chi connectivity index (χ1v) is 5.85. The largest absolute Gasteiger partial charge is 0.573 e. The van der Waals surface area contributed by atoms with Crippen molar-refractivity contribution in [1.29, 1.82) is 0 Å². The summed E-state index contributed by atoms with van der Waals surface area (Å²) in [7, 11) is 0. The number of hydrogen-bond donors (Lipinski definition) is 1. The van der Waals surface area contributed by atoms with E-state index >= 15 is 0 Å². The van der Waals surface area contributed by atoms with E-state index in [1.807, 2.05) is 0 Å². The molecule has 21 heavy (non-hydrogen) atoms. The van der Waals surface area contributed by atoms with Gasteiger partial charge in [0.25, 0.3) is 0 Å². The second kappa shape index (κ2) is 6.88. The molecule has 0 radical (unpaired) electrons. The number of ether oxygens (including phenoxy) is 2. The number of halogens is 6. The molecule has 1 N–H and O–H groups in total. The standard InChI is InChI=1S/C12H13F6NO2/c1-8(6-19-7-11(13,14)15)20-9-2-4-10(5-3-9)21-12(16,17)18/h2-5,8,19H,6-7H2,1H3. The summed E-state index contributed by atoms with van der Waals surface area (Å²) in [5.41, 5.74) is 0. The van der Waals surface area contributed by atoms with E-state index in [0.717, 1.165) is 12.1 Å². The lowest BCUT2D eigenvalue weighted by Gasteiger charge is -2.16. The summed E-state index contributed by atoms with van der Waals surface area (Å²) >= 11 is 0. The Morgan fingerprint density at radius 3 is 2.00 bits per heavy atom. The fourth-order valence-corrected chi connectivity index (χ4v) is 1.41. The molecular weight excluding hydrogens is 304 g/mol. The molecule has 1 atom stereocenters. The van der Waals surface area contributed by atoms with E-state index in [9.17, 15) is 26.3 Å². The highest BCUT2D eigenvalue weighted by atomic mass is 19.4.